The van der Waals surface area contributed by atoms with Crippen LogP contribution < -0.4 is 0 Å². The molecule has 1 spiro atoms. The average molecular weight is 280 g/mol. The summed E-state index contributed by atoms with van der Waals surface area (Å²) in [5.41, 5.74) is -0.479. The molecule has 0 N–H and O–H groups in total. The lowest BCUT2D eigenvalue weighted by Crippen LogP contribution is -2.51. The molecule has 5 heteroatoms. The number of carbonyl (C=O) groups excluding carboxylic acids is 2. The number of nitrogens with zero attached hydrogens (tertiary/aromatic N) is 2. The third kappa shape index (κ3) is 1.41. The highest BCUT2D eigenvalue weighted by Gasteiger charge is 2.69. The number of imide groups is 1. The van der Waals surface area contributed by atoms with Crippen molar-refractivity contribution < 1.29 is 14.0 Å². The highest BCUT2D eigenvalue weighted by atomic mass is 19.1. The van der Waals surface area contributed by atoms with E-state index in [0.717, 1.165) is 32.2 Å². The van der Waals surface area contributed by atoms with Gasteiger partial charge in [0.25, 0.3) is 5.91 Å². The van der Waals surface area contributed by atoms with E-state index in [9.17, 15) is 14.0 Å². The summed E-state index contributed by atoms with van der Waals surface area (Å²) in [5, 5.41) is 0. The Hall–Kier alpha value is -1.13. The van der Waals surface area contributed by atoms with Crippen molar-refractivity contribution in [3.8, 4) is 0 Å². The van der Waals surface area contributed by atoms with Crippen LogP contribution in [0.2, 0.25) is 0 Å². The summed E-state index contributed by atoms with van der Waals surface area (Å²) in [5.74, 6) is 0.829. The minimum absolute atomic E-state index is 0.0196. The molecule has 0 aromatic carbocycles. The Balaban J connectivity index is 1.54. The van der Waals surface area contributed by atoms with E-state index in [0.29, 0.717) is 18.8 Å². The maximum absolute atomic E-state index is 13.3. The molecule has 0 aromatic heterocycles. The van der Waals surface area contributed by atoms with Gasteiger partial charge in [0, 0.05) is 12.6 Å². The molecule has 1 unspecified atom stereocenters. The Kier molecular flexibility index (Phi) is 2.49. The van der Waals surface area contributed by atoms with Gasteiger partial charge in [-0.25, -0.2) is 9.18 Å². The number of urea groups is 1. The van der Waals surface area contributed by atoms with Gasteiger partial charge in [-0.1, -0.05) is 0 Å². The van der Waals surface area contributed by atoms with Crippen molar-refractivity contribution in [2.75, 3.05) is 6.54 Å². The summed E-state index contributed by atoms with van der Waals surface area (Å²) in [6.07, 6.45) is 3.74. The molecule has 3 saturated heterocycles. The number of hydrogen-bond donors (Lipinski definition) is 0. The molecular weight excluding hydrogens is 259 g/mol. The first-order valence-corrected chi connectivity index (χ1v) is 7.82. The quantitative estimate of drug-likeness (QED) is 0.728. The van der Waals surface area contributed by atoms with Crippen LogP contribution in [0.1, 0.15) is 45.4 Å². The number of halogens is 1. The molecule has 0 radical (unpaired) electrons. The third-order valence-electron chi connectivity index (χ3n) is 6.05. The summed E-state index contributed by atoms with van der Waals surface area (Å²) < 4.78 is 13.3. The fourth-order valence-electron chi connectivity index (χ4n) is 4.80. The Morgan fingerprint density at radius 1 is 1.20 bits per heavy atom. The van der Waals surface area contributed by atoms with Crippen LogP contribution in [0.4, 0.5) is 9.18 Å². The molecule has 5 fully saturated rings. The fourth-order valence-corrected chi connectivity index (χ4v) is 4.80. The van der Waals surface area contributed by atoms with E-state index >= 15 is 0 Å². The molecule has 2 aliphatic carbocycles. The van der Waals surface area contributed by atoms with Crippen LogP contribution in [-0.4, -0.2) is 46.0 Å². The van der Waals surface area contributed by atoms with Gasteiger partial charge in [0.15, 0.2) is 0 Å². The van der Waals surface area contributed by atoms with Crippen LogP contribution in [0.3, 0.4) is 0 Å². The van der Waals surface area contributed by atoms with E-state index in [1.54, 1.807) is 4.90 Å². The van der Waals surface area contributed by atoms with Gasteiger partial charge in [0.05, 0.1) is 0 Å². The molecule has 3 aliphatic heterocycles. The predicted octanol–water partition coefficient (Wildman–Crippen LogP) is 2.33. The van der Waals surface area contributed by atoms with Crippen LogP contribution in [-0.2, 0) is 4.79 Å². The zero-order valence-corrected chi connectivity index (χ0v) is 11.8. The summed E-state index contributed by atoms with van der Waals surface area (Å²) in [6.45, 7) is 2.72. The van der Waals surface area contributed by atoms with Gasteiger partial charge < -0.3 is 4.90 Å². The summed E-state index contributed by atoms with van der Waals surface area (Å²) in [6, 6.07) is -0.175. The van der Waals surface area contributed by atoms with Crippen LogP contribution in [0.5, 0.6) is 0 Å². The maximum atomic E-state index is 13.3. The average Bonchev–Trinajstić information content (AvgIpc) is 2.99. The zero-order valence-electron chi connectivity index (χ0n) is 11.8. The molecule has 3 amide bonds. The largest absolute Gasteiger partial charge is 0.327 e. The van der Waals surface area contributed by atoms with Gasteiger partial charge in [0.2, 0.25) is 0 Å². The molecule has 3 heterocycles. The molecule has 0 aromatic rings. The Labute approximate surface area is 118 Å². The first-order valence-electron chi connectivity index (χ1n) is 7.82. The molecule has 2 bridgehead atoms. The Bertz CT molecular complexity index is 464. The Morgan fingerprint density at radius 3 is 2.45 bits per heavy atom. The lowest BCUT2D eigenvalue weighted by atomic mass is 9.72. The van der Waals surface area contributed by atoms with E-state index < -0.39 is 11.7 Å². The molecule has 1 atom stereocenters. The van der Waals surface area contributed by atoms with Crippen molar-refractivity contribution in [2.45, 2.75) is 63.2 Å². The second-order valence-electron chi connectivity index (χ2n) is 7.13. The van der Waals surface area contributed by atoms with Gasteiger partial charge in [-0.3, -0.25) is 9.69 Å². The van der Waals surface area contributed by atoms with Gasteiger partial charge in [-0.15, -0.1) is 0 Å². The van der Waals surface area contributed by atoms with Crippen LogP contribution in [0.15, 0.2) is 0 Å². The second kappa shape index (κ2) is 3.95. The van der Waals surface area contributed by atoms with Crippen molar-refractivity contribution in [1.29, 1.82) is 0 Å². The molecule has 4 nitrogen and oxygen atoms in total. The lowest BCUT2D eigenvalue weighted by Gasteiger charge is -2.37. The van der Waals surface area contributed by atoms with Crippen molar-refractivity contribution in [3.05, 3.63) is 0 Å². The number of hydrogen-bond acceptors (Lipinski definition) is 2. The topological polar surface area (TPSA) is 40.6 Å². The van der Waals surface area contributed by atoms with Crippen LogP contribution in [0, 0.1) is 11.8 Å². The van der Waals surface area contributed by atoms with Gasteiger partial charge >= 0.3 is 6.03 Å². The number of carbonyl (C=O) groups is 2. The molecular formula is C15H21FN2O2. The number of amides is 3. The van der Waals surface area contributed by atoms with E-state index in [4.69, 9.17) is 0 Å². The van der Waals surface area contributed by atoms with Crippen molar-refractivity contribution in [3.63, 3.8) is 0 Å². The fraction of sp³-hybridized carbons (Fsp3) is 0.867. The van der Waals surface area contributed by atoms with Crippen molar-refractivity contribution in [1.82, 2.24) is 9.80 Å². The normalized spacial score (nSPS) is 44.6. The van der Waals surface area contributed by atoms with Crippen molar-refractivity contribution >= 4 is 11.9 Å². The minimum Gasteiger partial charge on any atom is -0.309 e. The summed E-state index contributed by atoms with van der Waals surface area (Å²) in [4.78, 5) is 28.5. The third-order valence-corrected chi connectivity index (χ3v) is 6.05. The van der Waals surface area contributed by atoms with Crippen LogP contribution >= 0.6 is 0 Å². The minimum atomic E-state index is -0.697. The van der Waals surface area contributed by atoms with E-state index in [1.165, 1.54) is 4.90 Å². The standard InChI is InChI=1S/C15H21FN2O2/c1-9(11-2-4-12(16)5-3-11)18-13(19)15-6-10(7-15)8-17(15)14(18)20/h9-12H,2-8H2,1H3. The van der Waals surface area contributed by atoms with Gasteiger partial charge in [-0.05, 0) is 57.3 Å². The van der Waals surface area contributed by atoms with E-state index in [-0.39, 0.29) is 23.9 Å². The monoisotopic (exact) mass is 280 g/mol. The highest BCUT2D eigenvalue weighted by Crippen LogP contribution is 2.55. The summed E-state index contributed by atoms with van der Waals surface area (Å²) >= 11 is 0. The van der Waals surface area contributed by atoms with E-state index in [2.05, 4.69) is 0 Å². The maximum Gasteiger partial charge on any atom is 0.327 e. The first-order chi connectivity index (χ1) is 9.53. The van der Waals surface area contributed by atoms with Gasteiger partial charge in [0.1, 0.15) is 11.7 Å². The number of alkyl halides is 1. The molecule has 2 saturated carbocycles. The molecule has 5 rings (SSSR count). The smallest absolute Gasteiger partial charge is 0.309 e. The predicted molar refractivity (Wildman–Crippen MR) is 70.7 cm³/mol. The molecule has 20 heavy (non-hydrogen) atoms. The van der Waals surface area contributed by atoms with Crippen molar-refractivity contribution in [2.24, 2.45) is 11.8 Å². The second-order valence-corrected chi connectivity index (χ2v) is 7.13. The van der Waals surface area contributed by atoms with Crippen LogP contribution in [0.25, 0.3) is 0 Å². The summed E-state index contributed by atoms with van der Waals surface area (Å²) in [7, 11) is 0. The zero-order chi connectivity index (χ0) is 14.1. The lowest BCUT2D eigenvalue weighted by molar-refractivity contribution is -0.137. The SMILES string of the molecule is CC(C1CCC(F)CC1)N1C(=O)N2CC3CC2(C3)C1=O. The highest BCUT2D eigenvalue weighted by molar-refractivity contribution is 6.08. The number of rotatable bonds is 2. The van der Waals surface area contributed by atoms with Gasteiger partial charge in [-0.2, -0.15) is 0 Å². The molecule has 5 aliphatic rings. The first kappa shape index (κ1) is 12.6. The van der Waals surface area contributed by atoms with E-state index in [1.807, 2.05) is 6.92 Å². The molecule has 110 valence electrons. The Morgan fingerprint density at radius 2 is 1.85 bits per heavy atom.